The van der Waals surface area contributed by atoms with Gasteiger partial charge in [-0.3, -0.25) is 10.1 Å². The summed E-state index contributed by atoms with van der Waals surface area (Å²) in [7, 11) is 1.43. The Morgan fingerprint density at radius 3 is 2.91 bits per heavy atom. The molecule has 0 spiro atoms. The van der Waals surface area contributed by atoms with Gasteiger partial charge in [-0.1, -0.05) is 12.2 Å². The molecule has 1 heterocycles. The molecular formula is C8H11NO2. The summed E-state index contributed by atoms with van der Waals surface area (Å²) >= 11 is 0. The summed E-state index contributed by atoms with van der Waals surface area (Å²) in [5.74, 6) is 0.231. The van der Waals surface area contributed by atoms with Crippen LogP contribution in [0.5, 0.6) is 0 Å². The Labute approximate surface area is 65.4 Å². The van der Waals surface area contributed by atoms with E-state index in [9.17, 15) is 4.79 Å². The first-order valence-electron chi connectivity index (χ1n) is 3.83. The first-order chi connectivity index (χ1) is 5.31. The maximum Gasteiger partial charge on any atom is 0.323 e. The molecule has 60 valence electrons. The third-order valence-electron chi connectivity index (χ3n) is 2.39. The van der Waals surface area contributed by atoms with E-state index < -0.39 is 0 Å². The van der Waals surface area contributed by atoms with Crippen LogP contribution in [0.2, 0.25) is 0 Å². The Morgan fingerprint density at radius 2 is 2.45 bits per heavy atom. The summed E-state index contributed by atoms with van der Waals surface area (Å²) in [5.41, 5.74) is 0. The van der Waals surface area contributed by atoms with Gasteiger partial charge in [0.1, 0.15) is 6.04 Å². The molecule has 0 radical (unpaired) electrons. The molecule has 11 heavy (non-hydrogen) atoms. The van der Waals surface area contributed by atoms with Gasteiger partial charge in [0.05, 0.1) is 7.11 Å². The van der Waals surface area contributed by atoms with Crippen molar-refractivity contribution in [2.45, 2.75) is 18.5 Å². The number of fused-ring (bicyclic) bond motifs is 2. The van der Waals surface area contributed by atoms with Crippen molar-refractivity contribution < 1.29 is 9.53 Å². The zero-order chi connectivity index (χ0) is 7.84. The average Bonchev–Trinajstić information content (AvgIpc) is 2.62. The second kappa shape index (κ2) is 2.34. The number of nitrogens with one attached hydrogen (secondary N) is 1. The molecule has 0 aromatic rings. The monoisotopic (exact) mass is 153 g/mol. The van der Waals surface area contributed by atoms with Gasteiger partial charge in [-0.15, -0.1) is 0 Å². The molecule has 3 atom stereocenters. The number of rotatable bonds is 1. The lowest BCUT2D eigenvalue weighted by Gasteiger charge is -2.15. The molecule has 1 aliphatic heterocycles. The van der Waals surface area contributed by atoms with Gasteiger partial charge in [0.25, 0.3) is 0 Å². The highest BCUT2D eigenvalue weighted by Gasteiger charge is 2.39. The Hall–Kier alpha value is -0.830. The minimum atomic E-state index is -0.137. The minimum Gasteiger partial charge on any atom is -0.468 e. The van der Waals surface area contributed by atoms with Gasteiger partial charge < -0.3 is 4.74 Å². The highest BCUT2D eigenvalue weighted by atomic mass is 16.5. The topological polar surface area (TPSA) is 38.3 Å². The van der Waals surface area contributed by atoms with Crippen LogP contribution in [0.1, 0.15) is 6.42 Å². The van der Waals surface area contributed by atoms with Gasteiger partial charge in [0, 0.05) is 12.0 Å². The molecule has 2 rings (SSSR count). The molecule has 3 heteroatoms. The lowest BCUT2D eigenvalue weighted by atomic mass is 10.0. The van der Waals surface area contributed by atoms with Crippen LogP contribution < -0.4 is 5.32 Å². The van der Waals surface area contributed by atoms with E-state index in [-0.39, 0.29) is 12.0 Å². The molecule has 0 unspecified atom stereocenters. The zero-order valence-electron chi connectivity index (χ0n) is 6.41. The normalized spacial score (nSPS) is 39.5. The first-order valence-corrected chi connectivity index (χ1v) is 3.83. The smallest absolute Gasteiger partial charge is 0.323 e. The molecule has 3 nitrogen and oxygen atoms in total. The number of hydrogen-bond donors (Lipinski definition) is 1. The van der Waals surface area contributed by atoms with Crippen LogP contribution >= 0.6 is 0 Å². The SMILES string of the molecule is COC(=O)[C@@H]1N[C@@H]2C=C[C@H]1C2. The number of esters is 1. The summed E-state index contributed by atoms with van der Waals surface area (Å²) in [6.07, 6.45) is 5.27. The van der Waals surface area contributed by atoms with Gasteiger partial charge in [0.2, 0.25) is 0 Å². The van der Waals surface area contributed by atoms with Crippen molar-refractivity contribution in [1.82, 2.24) is 5.32 Å². The van der Waals surface area contributed by atoms with Gasteiger partial charge in [-0.2, -0.15) is 0 Å². The Balaban J connectivity index is 2.08. The quantitative estimate of drug-likeness (QED) is 0.428. The van der Waals surface area contributed by atoms with E-state index in [0.717, 1.165) is 6.42 Å². The highest BCUT2D eigenvalue weighted by Crippen LogP contribution is 2.29. The van der Waals surface area contributed by atoms with Crippen molar-refractivity contribution >= 4 is 5.97 Å². The number of carbonyl (C=O) groups excluding carboxylic acids is 1. The van der Waals surface area contributed by atoms with E-state index in [1.165, 1.54) is 7.11 Å². The maximum absolute atomic E-state index is 11.1. The summed E-state index contributed by atoms with van der Waals surface area (Å²) in [6.45, 7) is 0. The van der Waals surface area contributed by atoms with Crippen LogP contribution in [0.4, 0.5) is 0 Å². The second-order valence-electron chi connectivity index (χ2n) is 3.06. The van der Waals surface area contributed by atoms with Gasteiger partial charge in [-0.05, 0) is 6.42 Å². The van der Waals surface area contributed by atoms with Crippen LogP contribution in [0.25, 0.3) is 0 Å². The van der Waals surface area contributed by atoms with Crippen molar-refractivity contribution in [3.05, 3.63) is 12.2 Å². The molecule has 1 fully saturated rings. The predicted octanol–water partition coefficient (Wildman–Crippen LogP) is 0.0759. The second-order valence-corrected chi connectivity index (χ2v) is 3.06. The molecule has 0 amide bonds. The fraction of sp³-hybridized carbons (Fsp3) is 0.625. The fourth-order valence-corrected chi connectivity index (χ4v) is 1.82. The van der Waals surface area contributed by atoms with Crippen LogP contribution in [0.15, 0.2) is 12.2 Å². The van der Waals surface area contributed by atoms with E-state index in [0.29, 0.717) is 12.0 Å². The Kier molecular flexibility index (Phi) is 1.46. The van der Waals surface area contributed by atoms with E-state index in [1.54, 1.807) is 0 Å². The molecule has 0 aromatic carbocycles. The minimum absolute atomic E-state index is 0.0880. The van der Waals surface area contributed by atoms with Crippen molar-refractivity contribution in [2.24, 2.45) is 5.92 Å². The van der Waals surface area contributed by atoms with Crippen molar-refractivity contribution in [2.75, 3.05) is 7.11 Å². The van der Waals surface area contributed by atoms with Gasteiger partial charge in [0.15, 0.2) is 0 Å². The largest absolute Gasteiger partial charge is 0.468 e. The standard InChI is InChI=1S/C8H11NO2/c1-11-8(10)7-5-2-3-6(4-5)9-7/h2-3,5-7,9H,4H2,1H3/t5-,6+,7+/m0/s1. The molecule has 2 bridgehead atoms. The fourth-order valence-electron chi connectivity index (χ4n) is 1.82. The lowest BCUT2D eigenvalue weighted by Crippen LogP contribution is -2.40. The van der Waals surface area contributed by atoms with Crippen LogP contribution in [0, 0.1) is 5.92 Å². The third kappa shape index (κ3) is 0.959. The number of ether oxygens (including phenoxy) is 1. The van der Waals surface area contributed by atoms with E-state index >= 15 is 0 Å². The zero-order valence-corrected chi connectivity index (χ0v) is 6.41. The molecule has 2 aliphatic rings. The molecule has 1 saturated heterocycles. The Bertz CT molecular complexity index is 212. The van der Waals surface area contributed by atoms with Crippen molar-refractivity contribution in [3.8, 4) is 0 Å². The molecule has 0 saturated carbocycles. The van der Waals surface area contributed by atoms with E-state index in [2.05, 4.69) is 22.2 Å². The van der Waals surface area contributed by atoms with Gasteiger partial charge in [-0.25, -0.2) is 0 Å². The first kappa shape index (κ1) is 6.85. The van der Waals surface area contributed by atoms with Crippen LogP contribution in [0.3, 0.4) is 0 Å². The molecule has 1 aliphatic carbocycles. The van der Waals surface area contributed by atoms with Crippen LogP contribution in [-0.2, 0) is 9.53 Å². The van der Waals surface area contributed by atoms with Crippen molar-refractivity contribution in [3.63, 3.8) is 0 Å². The van der Waals surface area contributed by atoms with E-state index in [1.807, 2.05) is 0 Å². The average molecular weight is 153 g/mol. The lowest BCUT2D eigenvalue weighted by molar-refractivity contribution is -0.143. The van der Waals surface area contributed by atoms with Crippen molar-refractivity contribution in [1.29, 1.82) is 0 Å². The number of hydrogen-bond acceptors (Lipinski definition) is 3. The highest BCUT2D eigenvalue weighted by molar-refractivity contribution is 5.77. The maximum atomic E-state index is 11.1. The predicted molar refractivity (Wildman–Crippen MR) is 40.0 cm³/mol. The molecule has 0 aromatic heterocycles. The summed E-state index contributed by atoms with van der Waals surface area (Å²) in [4.78, 5) is 11.1. The Morgan fingerprint density at radius 1 is 1.64 bits per heavy atom. The summed E-state index contributed by atoms with van der Waals surface area (Å²) in [6, 6.07) is 0.319. The molecule has 1 N–H and O–H groups in total. The molecular weight excluding hydrogens is 142 g/mol. The van der Waals surface area contributed by atoms with E-state index in [4.69, 9.17) is 0 Å². The summed E-state index contributed by atoms with van der Waals surface area (Å²) in [5, 5.41) is 3.18. The summed E-state index contributed by atoms with van der Waals surface area (Å²) < 4.78 is 4.65. The van der Waals surface area contributed by atoms with Gasteiger partial charge >= 0.3 is 5.97 Å². The number of methoxy groups -OCH3 is 1. The van der Waals surface area contributed by atoms with Crippen LogP contribution in [-0.4, -0.2) is 25.2 Å². The number of carbonyl (C=O) groups is 1. The third-order valence-corrected chi connectivity index (χ3v) is 2.39.